The molecule has 2 aromatic carbocycles. The number of nitrogens with one attached hydrogen (secondary N) is 1. The van der Waals surface area contributed by atoms with Gasteiger partial charge in [-0.2, -0.15) is 5.26 Å². The van der Waals surface area contributed by atoms with Gasteiger partial charge in [0, 0.05) is 17.4 Å². The van der Waals surface area contributed by atoms with Crippen LogP contribution in [0.1, 0.15) is 5.56 Å². The van der Waals surface area contributed by atoms with Crippen LogP contribution < -0.4 is 10.1 Å². The molecule has 0 aliphatic carbocycles. The van der Waals surface area contributed by atoms with Crippen LogP contribution in [-0.2, 0) is 0 Å². The lowest BCUT2D eigenvalue weighted by Gasteiger charge is -2.07. The Bertz CT molecular complexity index is 853. The molecule has 23 heavy (non-hydrogen) atoms. The summed E-state index contributed by atoms with van der Waals surface area (Å²) in [7, 11) is 1.63. The molecule has 0 saturated carbocycles. The third-order valence-electron chi connectivity index (χ3n) is 3.29. The molecule has 0 aliphatic heterocycles. The van der Waals surface area contributed by atoms with Crippen molar-refractivity contribution >= 4 is 11.6 Å². The van der Waals surface area contributed by atoms with Crippen LogP contribution in [0.3, 0.4) is 0 Å². The lowest BCUT2D eigenvalue weighted by atomic mass is 10.1. The number of methoxy groups -OCH3 is 1. The molecule has 3 aromatic rings. The standard InChI is InChI=1S/C18H14N4O/c1-23-16-7-5-15(6-8-16)21-18-20-10-9-17(22-18)14-4-2-3-13(11-14)12-19/h2-11H,1H3,(H,20,21,22). The van der Waals surface area contributed by atoms with E-state index < -0.39 is 0 Å². The van der Waals surface area contributed by atoms with Crippen molar-refractivity contribution in [1.29, 1.82) is 5.26 Å². The Morgan fingerprint density at radius 1 is 1.09 bits per heavy atom. The van der Waals surface area contributed by atoms with E-state index >= 15 is 0 Å². The van der Waals surface area contributed by atoms with E-state index in [-0.39, 0.29) is 0 Å². The third-order valence-corrected chi connectivity index (χ3v) is 3.29. The monoisotopic (exact) mass is 302 g/mol. The number of hydrogen-bond acceptors (Lipinski definition) is 5. The van der Waals surface area contributed by atoms with E-state index in [4.69, 9.17) is 10.00 Å². The van der Waals surface area contributed by atoms with Gasteiger partial charge in [0.1, 0.15) is 5.75 Å². The van der Waals surface area contributed by atoms with Crippen molar-refractivity contribution in [2.24, 2.45) is 0 Å². The molecule has 0 atom stereocenters. The van der Waals surface area contributed by atoms with Crippen molar-refractivity contribution in [3.05, 3.63) is 66.4 Å². The number of aromatic nitrogens is 2. The minimum absolute atomic E-state index is 0.495. The minimum atomic E-state index is 0.495. The molecule has 0 amide bonds. The summed E-state index contributed by atoms with van der Waals surface area (Å²) in [6.45, 7) is 0. The van der Waals surface area contributed by atoms with Gasteiger partial charge in [0.2, 0.25) is 5.95 Å². The Morgan fingerprint density at radius 2 is 1.91 bits per heavy atom. The maximum Gasteiger partial charge on any atom is 0.227 e. The van der Waals surface area contributed by atoms with Gasteiger partial charge in [0.15, 0.2) is 0 Å². The lowest BCUT2D eigenvalue weighted by molar-refractivity contribution is 0.415. The van der Waals surface area contributed by atoms with Gasteiger partial charge in [-0.3, -0.25) is 0 Å². The molecule has 1 N–H and O–H groups in total. The van der Waals surface area contributed by atoms with E-state index in [2.05, 4.69) is 21.4 Å². The fourth-order valence-electron chi connectivity index (χ4n) is 2.13. The highest BCUT2D eigenvalue weighted by molar-refractivity contribution is 5.63. The summed E-state index contributed by atoms with van der Waals surface area (Å²) in [5.74, 6) is 1.29. The lowest BCUT2D eigenvalue weighted by Crippen LogP contribution is -1.98. The first-order chi connectivity index (χ1) is 11.3. The largest absolute Gasteiger partial charge is 0.497 e. The van der Waals surface area contributed by atoms with E-state index in [0.717, 1.165) is 22.7 Å². The maximum absolute atomic E-state index is 9.00. The van der Waals surface area contributed by atoms with Crippen LogP contribution >= 0.6 is 0 Å². The third kappa shape index (κ3) is 3.44. The molecule has 5 heteroatoms. The van der Waals surface area contributed by atoms with Crippen LogP contribution in [0.25, 0.3) is 11.3 Å². The van der Waals surface area contributed by atoms with E-state index in [0.29, 0.717) is 11.5 Å². The van der Waals surface area contributed by atoms with Gasteiger partial charge in [-0.25, -0.2) is 9.97 Å². The predicted octanol–water partition coefficient (Wildman–Crippen LogP) is 3.77. The highest BCUT2D eigenvalue weighted by atomic mass is 16.5. The first-order valence-electron chi connectivity index (χ1n) is 7.03. The first kappa shape index (κ1) is 14.5. The summed E-state index contributed by atoms with van der Waals surface area (Å²) in [6.07, 6.45) is 1.69. The molecule has 1 aromatic heterocycles. The summed E-state index contributed by atoms with van der Waals surface area (Å²) in [5, 5.41) is 12.1. The minimum Gasteiger partial charge on any atom is -0.497 e. The topological polar surface area (TPSA) is 70.8 Å². The molecule has 0 unspecified atom stereocenters. The van der Waals surface area contributed by atoms with Gasteiger partial charge in [0.25, 0.3) is 0 Å². The normalized spacial score (nSPS) is 9.91. The quantitative estimate of drug-likeness (QED) is 0.794. The number of hydrogen-bond donors (Lipinski definition) is 1. The summed E-state index contributed by atoms with van der Waals surface area (Å²) in [5.41, 5.74) is 3.11. The highest BCUT2D eigenvalue weighted by Gasteiger charge is 2.04. The van der Waals surface area contributed by atoms with Crippen molar-refractivity contribution in [1.82, 2.24) is 9.97 Å². The molecule has 0 saturated heterocycles. The molecule has 0 aliphatic rings. The Labute approximate surface area is 134 Å². The summed E-state index contributed by atoms with van der Waals surface area (Å²) < 4.78 is 5.13. The molecular formula is C18H14N4O. The zero-order valence-electron chi connectivity index (χ0n) is 12.5. The van der Waals surface area contributed by atoms with E-state index in [1.54, 1.807) is 25.4 Å². The zero-order valence-corrected chi connectivity index (χ0v) is 12.5. The number of rotatable bonds is 4. The second-order valence-corrected chi connectivity index (χ2v) is 4.81. The summed E-state index contributed by atoms with van der Waals surface area (Å²) in [4.78, 5) is 8.72. The van der Waals surface area contributed by atoms with Crippen molar-refractivity contribution in [3.63, 3.8) is 0 Å². The molecule has 1 heterocycles. The van der Waals surface area contributed by atoms with Crippen molar-refractivity contribution < 1.29 is 4.74 Å². The molecule has 5 nitrogen and oxygen atoms in total. The summed E-state index contributed by atoms with van der Waals surface area (Å²) >= 11 is 0. The Balaban J connectivity index is 1.85. The SMILES string of the molecule is COc1ccc(Nc2nccc(-c3cccc(C#N)c3)n2)cc1. The fourth-order valence-corrected chi connectivity index (χ4v) is 2.13. The smallest absolute Gasteiger partial charge is 0.227 e. The van der Waals surface area contributed by atoms with Crippen molar-refractivity contribution in [2.45, 2.75) is 0 Å². The number of nitriles is 1. The molecule has 0 spiro atoms. The van der Waals surface area contributed by atoms with E-state index in [1.807, 2.05) is 42.5 Å². The average molecular weight is 302 g/mol. The van der Waals surface area contributed by atoms with E-state index in [1.165, 1.54) is 0 Å². The van der Waals surface area contributed by atoms with Gasteiger partial charge >= 0.3 is 0 Å². The van der Waals surface area contributed by atoms with Crippen LogP contribution in [0.4, 0.5) is 11.6 Å². The molecule has 112 valence electrons. The Kier molecular flexibility index (Phi) is 4.16. The molecule has 3 rings (SSSR count). The molecular weight excluding hydrogens is 288 g/mol. The van der Waals surface area contributed by atoms with Crippen molar-refractivity contribution in [3.8, 4) is 23.1 Å². The Morgan fingerprint density at radius 3 is 2.65 bits per heavy atom. The van der Waals surface area contributed by atoms with Gasteiger partial charge in [-0.15, -0.1) is 0 Å². The van der Waals surface area contributed by atoms with Gasteiger partial charge < -0.3 is 10.1 Å². The van der Waals surface area contributed by atoms with E-state index in [9.17, 15) is 0 Å². The fraction of sp³-hybridized carbons (Fsp3) is 0.0556. The number of benzene rings is 2. The molecule has 0 radical (unpaired) electrons. The van der Waals surface area contributed by atoms with Crippen LogP contribution in [0.2, 0.25) is 0 Å². The first-order valence-corrected chi connectivity index (χ1v) is 7.03. The van der Waals surface area contributed by atoms with Gasteiger partial charge in [0.05, 0.1) is 24.4 Å². The maximum atomic E-state index is 9.00. The number of ether oxygens (including phenoxy) is 1. The summed E-state index contributed by atoms with van der Waals surface area (Å²) in [6, 6.07) is 18.8. The van der Waals surface area contributed by atoms with Crippen LogP contribution in [-0.4, -0.2) is 17.1 Å². The highest BCUT2D eigenvalue weighted by Crippen LogP contribution is 2.21. The van der Waals surface area contributed by atoms with Crippen LogP contribution in [0.15, 0.2) is 60.8 Å². The molecule has 0 fully saturated rings. The average Bonchev–Trinajstić information content (AvgIpc) is 2.63. The van der Waals surface area contributed by atoms with Gasteiger partial charge in [-0.05, 0) is 42.5 Å². The zero-order chi connectivity index (χ0) is 16.1. The molecule has 0 bridgehead atoms. The second-order valence-electron chi connectivity index (χ2n) is 4.81. The number of anilines is 2. The van der Waals surface area contributed by atoms with Crippen LogP contribution in [0.5, 0.6) is 5.75 Å². The van der Waals surface area contributed by atoms with Gasteiger partial charge in [-0.1, -0.05) is 12.1 Å². The Hall–Kier alpha value is -3.39. The second kappa shape index (κ2) is 6.58. The van der Waals surface area contributed by atoms with Crippen LogP contribution in [0, 0.1) is 11.3 Å². The number of nitrogens with zero attached hydrogens (tertiary/aromatic N) is 3. The van der Waals surface area contributed by atoms with Crippen molar-refractivity contribution in [2.75, 3.05) is 12.4 Å². The predicted molar refractivity (Wildman–Crippen MR) is 88.5 cm³/mol.